The van der Waals surface area contributed by atoms with Crippen molar-refractivity contribution >= 4 is 29.9 Å². The Hall–Kier alpha value is -1.58. The monoisotopic (exact) mass is 552 g/mol. The summed E-state index contributed by atoms with van der Waals surface area (Å²) in [5.74, 6) is 2.63. The third-order valence-electron chi connectivity index (χ3n) is 6.23. The van der Waals surface area contributed by atoms with E-state index >= 15 is 0 Å². The van der Waals surface area contributed by atoms with Gasteiger partial charge in [-0.15, -0.1) is 24.0 Å². The fourth-order valence-electron chi connectivity index (χ4n) is 4.40. The lowest BCUT2D eigenvalue weighted by atomic mass is 10.0. The molecule has 0 bridgehead atoms. The minimum Gasteiger partial charge on any atom is -0.469 e. The van der Waals surface area contributed by atoms with Crippen molar-refractivity contribution in [1.82, 2.24) is 15.5 Å². The van der Waals surface area contributed by atoms with Crippen LogP contribution >= 0.6 is 24.0 Å². The molecular formula is C25H37IN4O2. The summed E-state index contributed by atoms with van der Waals surface area (Å²) in [6.07, 6.45) is 7.07. The molecule has 2 aromatic rings. The summed E-state index contributed by atoms with van der Waals surface area (Å²) in [7, 11) is 0. The van der Waals surface area contributed by atoms with Crippen LogP contribution in [0.25, 0.3) is 0 Å². The van der Waals surface area contributed by atoms with Crippen molar-refractivity contribution in [1.29, 1.82) is 0 Å². The highest BCUT2D eigenvalue weighted by Crippen LogP contribution is 2.17. The quantitative estimate of drug-likeness (QED) is 0.282. The second-order valence-electron chi connectivity index (χ2n) is 8.67. The molecule has 2 aliphatic heterocycles. The molecule has 1 aromatic carbocycles. The highest BCUT2D eigenvalue weighted by Gasteiger charge is 2.24. The summed E-state index contributed by atoms with van der Waals surface area (Å²) >= 11 is 0. The highest BCUT2D eigenvalue weighted by molar-refractivity contribution is 14.0. The standard InChI is InChI=1S/C25H36N4O2.HI/c1-2-5-21(6-3-1)8-13-26-25(27-14-9-24-7-4-17-31-24)28-23-10-15-29(16-11-23)19-22-12-18-30-20-22;/h1-7,17,22-23H,8-16,18-20H2,(H2,26,27,28);1H. The van der Waals surface area contributed by atoms with E-state index in [0.717, 1.165) is 76.2 Å². The first kappa shape index (κ1) is 25.1. The lowest BCUT2D eigenvalue weighted by molar-refractivity contribution is 0.150. The first-order chi connectivity index (χ1) is 15.3. The molecule has 6 nitrogen and oxygen atoms in total. The maximum atomic E-state index is 5.54. The Morgan fingerprint density at radius 3 is 2.59 bits per heavy atom. The molecule has 2 aliphatic rings. The molecule has 2 fully saturated rings. The van der Waals surface area contributed by atoms with Gasteiger partial charge in [-0.3, -0.25) is 4.99 Å². The number of aliphatic imine (C=N–C) groups is 1. The zero-order chi connectivity index (χ0) is 21.1. The third-order valence-corrected chi connectivity index (χ3v) is 6.23. The van der Waals surface area contributed by atoms with Gasteiger partial charge < -0.3 is 24.7 Å². The lowest BCUT2D eigenvalue weighted by Gasteiger charge is -2.34. The van der Waals surface area contributed by atoms with Crippen molar-refractivity contribution in [3.05, 3.63) is 60.1 Å². The average molecular weight is 553 g/mol. The maximum Gasteiger partial charge on any atom is 0.191 e. The largest absolute Gasteiger partial charge is 0.469 e. The molecule has 32 heavy (non-hydrogen) atoms. The molecule has 2 saturated heterocycles. The normalized spacial score (nSPS) is 20.1. The van der Waals surface area contributed by atoms with Crippen LogP contribution < -0.4 is 10.6 Å². The van der Waals surface area contributed by atoms with Crippen LogP contribution in [0.15, 0.2) is 58.1 Å². The van der Waals surface area contributed by atoms with Crippen molar-refractivity contribution in [2.75, 3.05) is 45.9 Å². The Kier molecular flexibility index (Phi) is 10.8. The van der Waals surface area contributed by atoms with E-state index in [1.807, 2.05) is 12.1 Å². The second kappa shape index (κ2) is 13.9. The zero-order valence-electron chi connectivity index (χ0n) is 18.9. The van der Waals surface area contributed by atoms with E-state index in [2.05, 4.69) is 45.9 Å². The van der Waals surface area contributed by atoms with E-state index in [-0.39, 0.29) is 24.0 Å². The molecule has 0 radical (unpaired) electrons. The molecule has 176 valence electrons. The second-order valence-corrected chi connectivity index (χ2v) is 8.67. The number of nitrogens with one attached hydrogen (secondary N) is 2. The van der Waals surface area contributed by atoms with Crippen molar-refractivity contribution in [3.8, 4) is 0 Å². The van der Waals surface area contributed by atoms with Crippen molar-refractivity contribution < 1.29 is 9.15 Å². The van der Waals surface area contributed by atoms with Gasteiger partial charge in [-0.25, -0.2) is 0 Å². The van der Waals surface area contributed by atoms with E-state index < -0.39 is 0 Å². The maximum absolute atomic E-state index is 5.54. The van der Waals surface area contributed by atoms with Crippen LogP contribution in [-0.2, 0) is 17.6 Å². The number of hydrogen-bond donors (Lipinski definition) is 2. The Bertz CT molecular complexity index is 771. The minimum absolute atomic E-state index is 0. The molecule has 3 heterocycles. The van der Waals surface area contributed by atoms with Crippen LogP contribution in [0.3, 0.4) is 0 Å². The summed E-state index contributed by atoms with van der Waals surface area (Å²) in [5.41, 5.74) is 1.34. The molecule has 1 atom stereocenters. The number of rotatable bonds is 9. The van der Waals surface area contributed by atoms with Crippen molar-refractivity contribution in [2.45, 2.75) is 38.1 Å². The lowest BCUT2D eigenvalue weighted by Crippen LogP contribution is -2.49. The number of hydrogen-bond acceptors (Lipinski definition) is 4. The van der Waals surface area contributed by atoms with E-state index in [9.17, 15) is 0 Å². The summed E-state index contributed by atoms with van der Waals surface area (Å²) in [6, 6.07) is 15.0. The Labute approximate surface area is 209 Å². The summed E-state index contributed by atoms with van der Waals surface area (Å²) in [4.78, 5) is 7.44. The van der Waals surface area contributed by atoms with Gasteiger partial charge in [-0.1, -0.05) is 30.3 Å². The number of likely N-dealkylation sites (tertiary alicyclic amines) is 1. The molecule has 4 rings (SSSR count). The van der Waals surface area contributed by atoms with Gasteiger partial charge in [0.2, 0.25) is 0 Å². The number of nitrogens with zero attached hydrogens (tertiary/aromatic N) is 2. The molecule has 2 N–H and O–H groups in total. The third kappa shape index (κ3) is 8.41. The zero-order valence-corrected chi connectivity index (χ0v) is 21.2. The van der Waals surface area contributed by atoms with Gasteiger partial charge in [0.25, 0.3) is 0 Å². The molecule has 1 unspecified atom stereocenters. The van der Waals surface area contributed by atoms with Gasteiger partial charge in [0.15, 0.2) is 5.96 Å². The Balaban J connectivity index is 0.00000289. The summed E-state index contributed by atoms with van der Waals surface area (Å²) < 4.78 is 11.0. The van der Waals surface area contributed by atoms with E-state index in [1.54, 1.807) is 6.26 Å². The Morgan fingerprint density at radius 1 is 1.03 bits per heavy atom. The summed E-state index contributed by atoms with van der Waals surface area (Å²) in [6.45, 7) is 6.96. The van der Waals surface area contributed by atoms with Gasteiger partial charge >= 0.3 is 0 Å². The average Bonchev–Trinajstić information content (AvgIpc) is 3.50. The first-order valence-electron chi connectivity index (χ1n) is 11.8. The van der Waals surface area contributed by atoms with Gasteiger partial charge in [0.05, 0.1) is 12.9 Å². The number of ether oxygens (including phenoxy) is 1. The van der Waals surface area contributed by atoms with Crippen LogP contribution in [0.2, 0.25) is 0 Å². The predicted octanol–water partition coefficient (Wildman–Crippen LogP) is 3.72. The van der Waals surface area contributed by atoms with Crippen LogP contribution in [0.5, 0.6) is 0 Å². The molecule has 7 heteroatoms. The minimum atomic E-state index is 0. The van der Waals surface area contributed by atoms with E-state index in [1.165, 1.54) is 18.5 Å². The smallest absolute Gasteiger partial charge is 0.191 e. The van der Waals surface area contributed by atoms with E-state index in [4.69, 9.17) is 14.1 Å². The van der Waals surface area contributed by atoms with Crippen molar-refractivity contribution in [3.63, 3.8) is 0 Å². The number of furan rings is 1. The molecule has 0 amide bonds. The van der Waals surface area contributed by atoms with Crippen LogP contribution in [0.1, 0.15) is 30.6 Å². The first-order valence-corrected chi connectivity index (χ1v) is 11.8. The molecular weight excluding hydrogens is 515 g/mol. The SMILES string of the molecule is I.c1ccc(CCNC(=NCCc2ccco2)NC2CCN(CC3CCOC3)CC2)cc1. The van der Waals surface area contributed by atoms with E-state index in [0.29, 0.717) is 12.6 Å². The summed E-state index contributed by atoms with van der Waals surface area (Å²) in [5, 5.41) is 7.24. The fourth-order valence-corrected chi connectivity index (χ4v) is 4.40. The van der Waals surface area contributed by atoms with Crippen molar-refractivity contribution in [2.24, 2.45) is 10.9 Å². The fraction of sp³-hybridized carbons (Fsp3) is 0.560. The van der Waals surface area contributed by atoms with Gasteiger partial charge in [-0.2, -0.15) is 0 Å². The predicted molar refractivity (Wildman–Crippen MR) is 140 cm³/mol. The number of halogens is 1. The van der Waals surface area contributed by atoms with Gasteiger partial charge in [0, 0.05) is 51.8 Å². The van der Waals surface area contributed by atoms with Gasteiger partial charge in [-0.05, 0) is 49.3 Å². The Morgan fingerprint density at radius 2 is 1.88 bits per heavy atom. The molecule has 0 aliphatic carbocycles. The topological polar surface area (TPSA) is 62.0 Å². The molecule has 0 spiro atoms. The number of benzene rings is 1. The van der Waals surface area contributed by atoms with Crippen LogP contribution in [-0.4, -0.2) is 62.8 Å². The van der Waals surface area contributed by atoms with Crippen LogP contribution in [0, 0.1) is 5.92 Å². The van der Waals surface area contributed by atoms with Crippen LogP contribution in [0.4, 0.5) is 0 Å². The highest BCUT2D eigenvalue weighted by atomic mass is 127. The number of guanidine groups is 1. The molecule has 1 aromatic heterocycles. The number of piperidine rings is 1. The molecule has 0 saturated carbocycles. The van der Waals surface area contributed by atoms with Gasteiger partial charge in [0.1, 0.15) is 5.76 Å².